The van der Waals surface area contributed by atoms with Crippen LogP contribution in [-0.4, -0.2) is 132 Å². The molecule has 4 amide bonds. The minimum absolute atomic E-state index is 0.0193. The molecule has 3 N–H and O–H groups in total. The first-order valence-corrected chi connectivity index (χ1v) is 21.9. The van der Waals surface area contributed by atoms with Crippen molar-refractivity contribution in [2.45, 2.75) is 96.2 Å². The van der Waals surface area contributed by atoms with Gasteiger partial charge in [-0.05, 0) is 64.5 Å². The number of likely N-dealkylation sites (tertiary alicyclic amines) is 2. The van der Waals surface area contributed by atoms with Gasteiger partial charge >= 0.3 is 24.3 Å². The van der Waals surface area contributed by atoms with Gasteiger partial charge < -0.3 is 39.3 Å². The van der Waals surface area contributed by atoms with Crippen molar-refractivity contribution in [2.75, 3.05) is 33.9 Å². The number of rotatable bonds is 12. The summed E-state index contributed by atoms with van der Waals surface area (Å²) in [6.45, 7) is 9.71. The number of carbonyl (C=O) groups is 5. The predicted molar refractivity (Wildman–Crippen MR) is 236 cm³/mol. The monoisotopic (exact) mass is 930 g/mol. The summed E-state index contributed by atoms with van der Waals surface area (Å²) in [7, 11) is 2.37. The Bertz CT molecular complexity index is 2630. The molecule has 0 saturated carbocycles. The number of aromatic amines is 2. The molecule has 2 saturated heterocycles. The highest BCUT2D eigenvalue weighted by atomic mass is 19.4. The fourth-order valence-corrected chi connectivity index (χ4v) is 8.37. The summed E-state index contributed by atoms with van der Waals surface area (Å²) < 4.78 is 53.0. The highest BCUT2D eigenvalue weighted by Crippen LogP contribution is 2.35. The van der Waals surface area contributed by atoms with Gasteiger partial charge in [0.1, 0.15) is 23.7 Å². The lowest BCUT2D eigenvalue weighted by Crippen LogP contribution is -2.52. The van der Waals surface area contributed by atoms with Gasteiger partial charge in [0.25, 0.3) is 0 Å². The summed E-state index contributed by atoms with van der Waals surface area (Å²) in [4.78, 5) is 93.2. The van der Waals surface area contributed by atoms with Gasteiger partial charge in [0.2, 0.25) is 11.8 Å². The number of ether oxygens (including phenoxy) is 3. The number of methoxy groups -OCH3 is 1. The Kier molecular flexibility index (Phi) is 14.0. The van der Waals surface area contributed by atoms with Crippen LogP contribution in [0.15, 0.2) is 61.1 Å². The summed E-state index contributed by atoms with van der Waals surface area (Å²) in [6.07, 6.45) is 0.108. The molecule has 0 radical (unpaired) electrons. The Balaban J connectivity index is 1.01. The predicted octanol–water partition coefficient (Wildman–Crippen LogP) is 7.13. The van der Waals surface area contributed by atoms with Crippen molar-refractivity contribution in [3.05, 3.63) is 72.7 Å². The molecule has 0 unspecified atom stereocenters. The van der Waals surface area contributed by atoms with E-state index in [0.29, 0.717) is 66.4 Å². The summed E-state index contributed by atoms with van der Waals surface area (Å²) in [5.41, 5.74) is 5.23. The number of nitrogens with zero attached hydrogens (tertiary/aromatic N) is 7. The zero-order valence-electron chi connectivity index (χ0n) is 38.1. The smallest absolute Gasteiger partial charge is 0.453 e. The maximum Gasteiger partial charge on any atom is 0.491 e. The number of amides is 4. The van der Waals surface area contributed by atoms with Crippen molar-refractivity contribution in [3.63, 3.8) is 0 Å². The van der Waals surface area contributed by atoms with Crippen LogP contribution < -0.4 is 5.32 Å². The molecule has 2 aliphatic heterocycles. The SMILES string of the molecule is COC(=O)N[C@@H](COC(C)(C)C)C(=O)N1CCC[C@H]1c1ncc(-c2ccc3nc(-c4ccc(-c5c[nH]c([C@@H]6CCCN6C(=O)[C@H](C(C)C)N(C)C(=O)OC(=O)C(F)(F)F)n5)cc4)cnc3c2)[nH]1. The molecule has 4 atom stereocenters. The molecule has 0 aliphatic carbocycles. The molecule has 3 aromatic heterocycles. The standard InChI is InChI=1S/C46H53F3N10O8/c1-25(2)37(57(6)44(64)67-42(62)46(47,48)49)41(61)59-19-9-11-36(59)39-51-22-32(54-39)27-14-12-26(13-15-27)31-21-50-30-20-28(16-17-29(30)53-31)33-23-52-38(55-33)35-10-8-18-58(35)40(60)34(56-43(63)65-7)24-66-45(3,4)5/h12-17,20-23,25,34-37H,8-11,18-19,24H2,1-7H3,(H,51,54)(H,52,55)(H,56,63)/t34-,35-,36-,37-/m0/s1. The van der Waals surface area contributed by atoms with Gasteiger partial charge in [-0.25, -0.2) is 29.3 Å². The second-order valence-corrected chi connectivity index (χ2v) is 17.8. The number of alkyl carbamates (subject to hydrolysis) is 1. The molecule has 2 aromatic carbocycles. The van der Waals surface area contributed by atoms with Crippen LogP contribution in [0.25, 0.3) is 44.8 Å². The van der Waals surface area contributed by atoms with Crippen LogP contribution in [0.4, 0.5) is 22.8 Å². The number of benzene rings is 2. The van der Waals surface area contributed by atoms with E-state index < -0.39 is 59.9 Å². The molecule has 2 aliphatic rings. The van der Waals surface area contributed by atoms with E-state index in [2.05, 4.69) is 25.0 Å². The Morgan fingerprint density at radius 2 is 1.46 bits per heavy atom. The molecular weight excluding hydrogens is 878 g/mol. The van der Waals surface area contributed by atoms with Crippen molar-refractivity contribution in [1.29, 1.82) is 0 Å². The van der Waals surface area contributed by atoms with Gasteiger partial charge in [0, 0.05) is 43.0 Å². The maximum absolute atomic E-state index is 13.9. The number of halogens is 3. The molecule has 2 fully saturated rings. The van der Waals surface area contributed by atoms with Gasteiger partial charge in [0.15, 0.2) is 0 Å². The Morgan fingerprint density at radius 3 is 2.09 bits per heavy atom. The minimum Gasteiger partial charge on any atom is -0.453 e. The third-order valence-corrected chi connectivity index (χ3v) is 11.7. The van der Waals surface area contributed by atoms with Gasteiger partial charge in [0.05, 0.1) is 71.9 Å². The Morgan fingerprint density at radius 1 is 0.836 bits per heavy atom. The first-order valence-electron chi connectivity index (χ1n) is 21.9. The topological polar surface area (TPSA) is 218 Å². The molecule has 67 heavy (non-hydrogen) atoms. The van der Waals surface area contributed by atoms with Crippen LogP contribution in [0.1, 0.15) is 84.0 Å². The molecule has 5 aromatic rings. The molecule has 356 valence electrons. The normalized spacial score (nSPS) is 17.4. The van der Waals surface area contributed by atoms with E-state index in [9.17, 15) is 37.1 Å². The number of fused-ring (bicyclic) bond motifs is 1. The largest absolute Gasteiger partial charge is 0.491 e. The number of likely N-dealkylation sites (N-methyl/N-ethyl adjacent to an activating group) is 1. The van der Waals surface area contributed by atoms with Crippen LogP contribution in [-0.2, 0) is 28.6 Å². The Hall–Kier alpha value is -6.90. The van der Waals surface area contributed by atoms with E-state index in [-0.39, 0.29) is 18.6 Å². The lowest BCUT2D eigenvalue weighted by molar-refractivity contribution is -0.194. The Labute approximate surface area is 384 Å². The first-order chi connectivity index (χ1) is 31.7. The van der Waals surface area contributed by atoms with Crippen molar-refractivity contribution < 1.29 is 51.4 Å². The average Bonchev–Trinajstić information content (AvgIpc) is 4.14. The van der Waals surface area contributed by atoms with E-state index >= 15 is 0 Å². The second kappa shape index (κ2) is 19.5. The maximum atomic E-state index is 13.9. The lowest BCUT2D eigenvalue weighted by Gasteiger charge is -2.34. The molecule has 0 bridgehead atoms. The molecule has 21 heteroatoms. The van der Waals surface area contributed by atoms with Crippen molar-refractivity contribution in [2.24, 2.45) is 5.92 Å². The van der Waals surface area contributed by atoms with Crippen LogP contribution in [0.2, 0.25) is 0 Å². The lowest BCUT2D eigenvalue weighted by atomic mass is 10.0. The van der Waals surface area contributed by atoms with Gasteiger partial charge in [-0.1, -0.05) is 44.2 Å². The highest BCUT2D eigenvalue weighted by molar-refractivity contribution is 5.91. The number of H-pyrrole nitrogens is 2. The molecule has 5 heterocycles. The van der Waals surface area contributed by atoms with E-state index in [4.69, 9.17) is 24.4 Å². The fraction of sp³-hybridized carbons (Fsp3) is 0.457. The van der Waals surface area contributed by atoms with Crippen molar-refractivity contribution in [1.82, 2.24) is 49.9 Å². The quantitative estimate of drug-likeness (QED) is 0.0841. The molecular formula is C46H53F3N10O8. The number of aromatic nitrogens is 6. The third kappa shape index (κ3) is 10.9. The van der Waals surface area contributed by atoms with Crippen molar-refractivity contribution >= 4 is 41.0 Å². The van der Waals surface area contributed by atoms with Crippen molar-refractivity contribution in [3.8, 4) is 33.8 Å². The summed E-state index contributed by atoms with van der Waals surface area (Å²) >= 11 is 0. The van der Waals surface area contributed by atoms with E-state index in [1.165, 1.54) is 7.11 Å². The van der Waals surface area contributed by atoms with E-state index in [1.54, 1.807) is 42.2 Å². The molecule has 0 spiro atoms. The summed E-state index contributed by atoms with van der Waals surface area (Å²) in [5, 5.41) is 2.62. The summed E-state index contributed by atoms with van der Waals surface area (Å²) in [6, 6.07) is 10.3. The van der Waals surface area contributed by atoms with Crippen LogP contribution >= 0.6 is 0 Å². The van der Waals surface area contributed by atoms with Crippen LogP contribution in [0.3, 0.4) is 0 Å². The average molecular weight is 931 g/mol. The number of esters is 1. The number of alkyl halides is 3. The molecule has 18 nitrogen and oxygen atoms in total. The third-order valence-electron chi connectivity index (χ3n) is 11.7. The number of nitrogens with one attached hydrogen (secondary N) is 3. The van der Waals surface area contributed by atoms with E-state index in [0.717, 1.165) is 40.8 Å². The highest BCUT2D eigenvalue weighted by Gasteiger charge is 2.45. The van der Waals surface area contributed by atoms with E-state index in [1.807, 2.05) is 63.2 Å². The first kappa shape index (κ1) is 48.0. The number of hydrogen-bond donors (Lipinski definition) is 3. The van der Waals surface area contributed by atoms with Crippen LogP contribution in [0, 0.1) is 5.92 Å². The zero-order valence-corrected chi connectivity index (χ0v) is 38.1. The summed E-state index contributed by atoms with van der Waals surface area (Å²) in [5.74, 6) is -2.84. The number of hydrogen-bond acceptors (Lipinski definition) is 12. The minimum atomic E-state index is -5.37. The van der Waals surface area contributed by atoms with Crippen LogP contribution in [0.5, 0.6) is 0 Å². The second-order valence-electron chi connectivity index (χ2n) is 17.8. The fourth-order valence-electron chi connectivity index (χ4n) is 8.37. The number of imidazole rings is 2. The number of carbonyl (C=O) groups excluding carboxylic acids is 5. The van der Waals surface area contributed by atoms with Gasteiger partial charge in [-0.2, -0.15) is 13.2 Å². The molecule has 7 rings (SSSR count). The van der Waals surface area contributed by atoms with Gasteiger partial charge in [-0.15, -0.1) is 0 Å². The zero-order chi connectivity index (χ0) is 48.4. The van der Waals surface area contributed by atoms with Gasteiger partial charge in [-0.3, -0.25) is 19.5 Å².